The molecule has 0 saturated carbocycles. The quantitative estimate of drug-likeness (QED) is 0.906. The zero-order valence-electron chi connectivity index (χ0n) is 13.2. The largest absolute Gasteiger partial charge is 0.326 e. The lowest BCUT2D eigenvalue weighted by Crippen LogP contribution is -2.16. The van der Waals surface area contributed by atoms with Gasteiger partial charge in [-0.25, -0.2) is 0 Å². The van der Waals surface area contributed by atoms with Crippen LogP contribution in [0.5, 0.6) is 0 Å². The number of aryl methyl sites for hydroxylation is 1. The van der Waals surface area contributed by atoms with Crippen LogP contribution in [0.4, 0.5) is 11.4 Å². The molecule has 23 heavy (non-hydrogen) atoms. The van der Waals surface area contributed by atoms with Crippen LogP contribution < -0.4 is 10.6 Å². The topological polar surface area (TPSA) is 58.2 Å². The molecule has 118 valence electrons. The fourth-order valence-corrected chi connectivity index (χ4v) is 3.03. The van der Waals surface area contributed by atoms with Gasteiger partial charge in [0, 0.05) is 23.9 Å². The molecule has 0 bridgehead atoms. The van der Waals surface area contributed by atoms with Gasteiger partial charge in [-0.3, -0.25) is 9.59 Å². The van der Waals surface area contributed by atoms with Crippen LogP contribution in [0.2, 0.25) is 0 Å². The number of rotatable bonds is 3. The molecule has 0 atom stereocenters. The lowest BCUT2D eigenvalue weighted by Gasteiger charge is -2.19. The van der Waals surface area contributed by atoms with Gasteiger partial charge in [-0.2, -0.15) is 0 Å². The lowest BCUT2D eigenvalue weighted by molar-refractivity contribution is -0.114. The van der Waals surface area contributed by atoms with Crippen LogP contribution in [0.1, 0.15) is 41.3 Å². The van der Waals surface area contributed by atoms with E-state index >= 15 is 0 Å². The van der Waals surface area contributed by atoms with E-state index in [4.69, 9.17) is 0 Å². The average Bonchev–Trinajstić information content (AvgIpc) is 2.55. The summed E-state index contributed by atoms with van der Waals surface area (Å²) in [6.45, 7) is 1.45. The van der Waals surface area contributed by atoms with Crippen molar-refractivity contribution in [1.82, 2.24) is 0 Å². The molecular formula is C19H20N2O2. The Morgan fingerprint density at radius 2 is 1.74 bits per heavy atom. The monoisotopic (exact) mass is 308 g/mol. The summed E-state index contributed by atoms with van der Waals surface area (Å²) in [5.41, 5.74) is 4.65. The van der Waals surface area contributed by atoms with Crippen molar-refractivity contribution < 1.29 is 9.59 Å². The first-order chi connectivity index (χ1) is 11.1. The van der Waals surface area contributed by atoms with Crippen molar-refractivity contribution >= 4 is 23.2 Å². The molecule has 4 heteroatoms. The maximum atomic E-state index is 12.5. The van der Waals surface area contributed by atoms with Gasteiger partial charge in [-0.05, 0) is 61.1 Å². The van der Waals surface area contributed by atoms with Gasteiger partial charge in [0.25, 0.3) is 5.91 Å². The molecule has 0 fully saturated rings. The minimum Gasteiger partial charge on any atom is -0.326 e. The highest BCUT2D eigenvalue weighted by molar-refractivity contribution is 6.05. The second-order valence-corrected chi connectivity index (χ2v) is 5.87. The van der Waals surface area contributed by atoms with Crippen molar-refractivity contribution in [2.24, 2.45) is 0 Å². The summed E-state index contributed by atoms with van der Waals surface area (Å²) in [6, 6.07) is 13.1. The second-order valence-electron chi connectivity index (χ2n) is 5.87. The molecule has 0 aliphatic heterocycles. The first kappa shape index (κ1) is 15.3. The van der Waals surface area contributed by atoms with Crippen molar-refractivity contribution in [3.8, 4) is 0 Å². The first-order valence-electron chi connectivity index (χ1n) is 7.93. The van der Waals surface area contributed by atoms with E-state index in [1.165, 1.54) is 24.5 Å². The number of hydrogen-bond acceptors (Lipinski definition) is 2. The third kappa shape index (κ3) is 3.59. The van der Waals surface area contributed by atoms with E-state index in [2.05, 4.69) is 16.7 Å². The molecule has 2 aromatic carbocycles. The van der Waals surface area contributed by atoms with E-state index in [0.29, 0.717) is 11.3 Å². The Labute approximate surface area is 135 Å². The van der Waals surface area contributed by atoms with Crippen molar-refractivity contribution in [2.45, 2.75) is 32.6 Å². The van der Waals surface area contributed by atoms with Crippen molar-refractivity contribution in [2.75, 3.05) is 10.6 Å². The van der Waals surface area contributed by atoms with E-state index in [0.717, 1.165) is 24.9 Å². The fraction of sp³-hybridized carbons (Fsp3) is 0.263. The SMILES string of the molecule is CC(=O)Nc1cccc(C(=O)Nc2cccc3c2CCCC3)c1. The van der Waals surface area contributed by atoms with Crippen LogP contribution in [0, 0.1) is 0 Å². The highest BCUT2D eigenvalue weighted by Crippen LogP contribution is 2.28. The molecule has 0 unspecified atom stereocenters. The lowest BCUT2D eigenvalue weighted by atomic mass is 9.90. The van der Waals surface area contributed by atoms with Gasteiger partial charge in [0.2, 0.25) is 5.91 Å². The molecule has 0 saturated heterocycles. The third-order valence-corrected chi connectivity index (χ3v) is 4.09. The van der Waals surface area contributed by atoms with Crippen molar-refractivity contribution in [1.29, 1.82) is 0 Å². The van der Waals surface area contributed by atoms with Gasteiger partial charge in [0.15, 0.2) is 0 Å². The predicted molar refractivity (Wildman–Crippen MR) is 91.8 cm³/mol. The summed E-state index contributed by atoms with van der Waals surface area (Å²) in [6.07, 6.45) is 4.47. The number of carbonyl (C=O) groups excluding carboxylic acids is 2. The van der Waals surface area contributed by atoms with Gasteiger partial charge in [-0.1, -0.05) is 18.2 Å². The Bertz CT molecular complexity index is 753. The molecule has 0 aromatic heterocycles. The molecule has 4 nitrogen and oxygen atoms in total. The zero-order chi connectivity index (χ0) is 16.2. The Balaban J connectivity index is 1.81. The third-order valence-electron chi connectivity index (χ3n) is 4.09. The van der Waals surface area contributed by atoms with Crippen LogP contribution in [0.25, 0.3) is 0 Å². The standard InChI is InChI=1S/C19H20N2O2/c1-13(22)20-16-9-4-8-15(12-16)19(23)21-18-11-5-7-14-6-2-3-10-17(14)18/h4-5,7-9,11-12H,2-3,6,10H2,1H3,(H,20,22)(H,21,23). The fourth-order valence-electron chi connectivity index (χ4n) is 3.03. The molecule has 1 aliphatic rings. The Morgan fingerprint density at radius 3 is 2.57 bits per heavy atom. The molecule has 0 heterocycles. The number of anilines is 2. The maximum absolute atomic E-state index is 12.5. The molecule has 2 amide bonds. The van der Waals surface area contributed by atoms with Crippen LogP contribution in [-0.4, -0.2) is 11.8 Å². The van der Waals surface area contributed by atoms with E-state index in [-0.39, 0.29) is 11.8 Å². The second kappa shape index (κ2) is 6.65. The number of hydrogen-bond donors (Lipinski definition) is 2. The van der Waals surface area contributed by atoms with Gasteiger partial charge in [0.05, 0.1) is 0 Å². The average molecular weight is 308 g/mol. The molecular weight excluding hydrogens is 288 g/mol. The van der Waals surface area contributed by atoms with Gasteiger partial charge in [0.1, 0.15) is 0 Å². The minimum atomic E-state index is -0.156. The summed E-state index contributed by atoms with van der Waals surface area (Å²) in [7, 11) is 0. The smallest absolute Gasteiger partial charge is 0.255 e. The first-order valence-corrected chi connectivity index (χ1v) is 7.93. The molecule has 2 aromatic rings. The zero-order valence-corrected chi connectivity index (χ0v) is 13.2. The van der Waals surface area contributed by atoms with Gasteiger partial charge in [-0.15, -0.1) is 0 Å². The highest BCUT2D eigenvalue weighted by Gasteiger charge is 2.15. The van der Waals surface area contributed by atoms with E-state index in [9.17, 15) is 9.59 Å². The molecule has 3 rings (SSSR count). The number of fused-ring (bicyclic) bond motifs is 1. The molecule has 1 aliphatic carbocycles. The van der Waals surface area contributed by atoms with Crippen molar-refractivity contribution in [3.63, 3.8) is 0 Å². The molecule has 0 radical (unpaired) electrons. The predicted octanol–water partition coefficient (Wildman–Crippen LogP) is 3.78. The van der Waals surface area contributed by atoms with Crippen LogP contribution in [-0.2, 0) is 17.6 Å². The van der Waals surface area contributed by atoms with Crippen LogP contribution >= 0.6 is 0 Å². The van der Waals surface area contributed by atoms with Crippen LogP contribution in [0.15, 0.2) is 42.5 Å². The summed E-state index contributed by atoms with van der Waals surface area (Å²) < 4.78 is 0. The Hall–Kier alpha value is -2.62. The molecule has 0 spiro atoms. The maximum Gasteiger partial charge on any atom is 0.255 e. The Kier molecular flexibility index (Phi) is 4.42. The normalized spacial score (nSPS) is 13.1. The summed E-state index contributed by atoms with van der Waals surface area (Å²) in [5, 5.41) is 5.71. The Morgan fingerprint density at radius 1 is 0.957 bits per heavy atom. The van der Waals surface area contributed by atoms with E-state index < -0.39 is 0 Å². The number of nitrogens with one attached hydrogen (secondary N) is 2. The summed E-state index contributed by atoms with van der Waals surface area (Å²) in [5.74, 6) is -0.309. The minimum absolute atomic E-state index is 0.153. The van der Waals surface area contributed by atoms with E-state index in [1.54, 1.807) is 24.3 Å². The highest BCUT2D eigenvalue weighted by atomic mass is 16.2. The van der Waals surface area contributed by atoms with Crippen LogP contribution in [0.3, 0.4) is 0 Å². The van der Waals surface area contributed by atoms with E-state index in [1.807, 2.05) is 12.1 Å². The molecule has 2 N–H and O–H groups in total. The number of carbonyl (C=O) groups is 2. The summed E-state index contributed by atoms with van der Waals surface area (Å²) >= 11 is 0. The van der Waals surface area contributed by atoms with Gasteiger partial charge >= 0.3 is 0 Å². The summed E-state index contributed by atoms with van der Waals surface area (Å²) in [4.78, 5) is 23.6. The number of benzene rings is 2. The van der Waals surface area contributed by atoms with Gasteiger partial charge < -0.3 is 10.6 Å². The van der Waals surface area contributed by atoms with Crippen molar-refractivity contribution in [3.05, 3.63) is 59.2 Å². The number of amides is 2.